The maximum Gasteiger partial charge on any atom is 0.407 e. The fourth-order valence-electron chi connectivity index (χ4n) is 1.21. The normalized spacial score (nSPS) is 10.5. The fraction of sp³-hybridized carbons (Fsp3) is 0.125. The van der Waals surface area contributed by atoms with E-state index in [1.165, 1.54) is 0 Å². The third-order valence-electron chi connectivity index (χ3n) is 1.75. The summed E-state index contributed by atoms with van der Waals surface area (Å²) in [5, 5.41) is 14.4. The Hall–Kier alpha value is -0.775. The Morgan fingerprint density at radius 2 is 2.43 bits per heavy atom. The van der Waals surface area contributed by atoms with Crippen molar-refractivity contribution in [2.45, 2.75) is 6.82 Å². The number of thiophene rings is 1. The molecule has 2 rings (SSSR count). The molecule has 0 saturated carbocycles. The van der Waals surface area contributed by atoms with E-state index in [2.05, 4.69) is 10.2 Å². The fourth-order valence-corrected chi connectivity index (χ4v) is 2.51. The van der Waals surface area contributed by atoms with E-state index >= 15 is 0 Å². The standard InChI is InChI=1S/C8H8BClN2OS/c1-9(13)12-7-4-5-6(14-7)2-3-11-8(5)10/h2-4,12-13H,1H3. The number of hydrogen-bond acceptors (Lipinski definition) is 4. The van der Waals surface area contributed by atoms with E-state index in [0.29, 0.717) is 5.15 Å². The maximum absolute atomic E-state index is 9.15. The minimum absolute atomic E-state index is 0.498. The van der Waals surface area contributed by atoms with Crippen LogP contribution < -0.4 is 5.23 Å². The smallest absolute Gasteiger partial charge is 0.407 e. The first kappa shape index (κ1) is 9.77. The van der Waals surface area contributed by atoms with Crippen LogP contribution in [-0.4, -0.2) is 17.1 Å². The molecule has 0 aliphatic carbocycles. The summed E-state index contributed by atoms with van der Waals surface area (Å²) in [5.41, 5.74) is 0. The lowest BCUT2D eigenvalue weighted by Crippen LogP contribution is -2.18. The number of halogens is 1. The van der Waals surface area contributed by atoms with Crippen LogP contribution in [0, 0.1) is 0 Å². The van der Waals surface area contributed by atoms with Crippen LogP contribution in [0.1, 0.15) is 0 Å². The summed E-state index contributed by atoms with van der Waals surface area (Å²) in [5.74, 6) is 0. The van der Waals surface area contributed by atoms with Crippen LogP contribution in [0.2, 0.25) is 12.0 Å². The van der Waals surface area contributed by atoms with Crippen molar-refractivity contribution in [3.63, 3.8) is 0 Å². The van der Waals surface area contributed by atoms with E-state index in [-0.39, 0.29) is 0 Å². The lowest BCUT2D eigenvalue weighted by molar-refractivity contribution is 0.587. The van der Waals surface area contributed by atoms with Crippen LogP contribution in [0.3, 0.4) is 0 Å². The van der Waals surface area contributed by atoms with Crippen LogP contribution in [0.5, 0.6) is 0 Å². The second kappa shape index (κ2) is 3.77. The maximum atomic E-state index is 9.15. The highest BCUT2D eigenvalue weighted by Gasteiger charge is 2.08. The first-order valence-electron chi connectivity index (χ1n) is 4.15. The first-order chi connectivity index (χ1) is 6.66. The third-order valence-corrected chi connectivity index (χ3v) is 3.08. The molecule has 0 aliphatic heterocycles. The summed E-state index contributed by atoms with van der Waals surface area (Å²) in [6, 6.07) is 3.79. The second-order valence-corrected chi connectivity index (χ2v) is 4.39. The van der Waals surface area contributed by atoms with Gasteiger partial charge in [0.25, 0.3) is 0 Å². The van der Waals surface area contributed by atoms with E-state index in [4.69, 9.17) is 16.6 Å². The molecule has 0 saturated heterocycles. The van der Waals surface area contributed by atoms with Crippen LogP contribution in [0.25, 0.3) is 10.1 Å². The Morgan fingerprint density at radius 1 is 1.64 bits per heavy atom. The van der Waals surface area contributed by atoms with Gasteiger partial charge in [-0.05, 0) is 19.0 Å². The average molecular weight is 226 g/mol. The Labute approximate surface area is 90.9 Å². The van der Waals surface area contributed by atoms with Gasteiger partial charge in [-0.25, -0.2) is 4.98 Å². The zero-order valence-corrected chi connectivity index (χ0v) is 9.06. The molecule has 72 valence electrons. The van der Waals surface area contributed by atoms with Crippen molar-refractivity contribution in [3.05, 3.63) is 23.5 Å². The van der Waals surface area contributed by atoms with Gasteiger partial charge >= 0.3 is 7.05 Å². The predicted octanol–water partition coefficient (Wildman–Crippen LogP) is 2.47. The van der Waals surface area contributed by atoms with Crippen LogP contribution >= 0.6 is 22.9 Å². The van der Waals surface area contributed by atoms with Gasteiger partial charge in [-0.15, -0.1) is 11.3 Å². The van der Waals surface area contributed by atoms with E-state index in [9.17, 15) is 0 Å². The molecule has 2 heterocycles. The molecule has 0 radical (unpaired) electrons. The van der Waals surface area contributed by atoms with E-state index in [0.717, 1.165) is 15.1 Å². The monoisotopic (exact) mass is 226 g/mol. The van der Waals surface area contributed by atoms with Crippen LogP contribution in [0.15, 0.2) is 18.3 Å². The molecular weight excluding hydrogens is 218 g/mol. The topological polar surface area (TPSA) is 45.1 Å². The summed E-state index contributed by atoms with van der Waals surface area (Å²) in [4.78, 5) is 3.98. The number of nitrogens with zero attached hydrogens (tertiary/aromatic N) is 1. The molecule has 0 bridgehead atoms. The van der Waals surface area contributed by atoms with Crippen molar-refractivity contribution in [1.29, 1.82) is 0 Å². The molecule has 3 nitrogen and oxygen atoms in total. The van der Waals surface area contributed by atoms with Gasteiger partial charge in [-0.1, -0.05) is 11.6 Å². The highest BCUT2D eigenvalue weighted by Crippen LogP contribution is 2.32. The van der Waals surface area contributed by atoms with Gasteiger partial charge in [0.05, 0.1) is 5.00 Å². The molecule has 2 aromatic rings. The first-order valence-corrected chi connectivity index (χ1v) is 5.35. The van der Waals surface area contributed by atoms with E-state index < -0.39 is 7.05 Å². The highest BCUT2D eigenvalue weighted by atomic mass is 35.5. The summed E-state index contributed by atoms with van der Waals surface area (Å²) in [7, 11) is -0.560. The summed E-state index contributed by atoms with van der Waals surface area (Å²) in [6.45, 7) is 1.67. The molecule has 0 spiro atoms. The molecule has 0 atom stereocenters. The molecule has 6 heteroatoms. The molecule has 0 aromatic carbocycles. The zero-order valence-electron chi connectivity index (χ0n) is 7.49. The van der Waals surface area contributed by atoms with Crippen molar-refractivity contribution in [3.8, 4) is 0 Å². The quantitative estimate of drug-likeness (QED) is 0.611. The number of fused-ring (bicyclic) bond motifs is 1. The number of pyridine rings is 1. The van der Waals surface area contributed by atoms with Gasteiger partial charge in [-0.2, -0.15) is 0 Å². The lowest BCUT2D eigenvalue weighted by Gasteiger charge is -1.99. The van der Waals surface area contributed by atoms with Gasteiger partial charge in [-0.3, -0.25) is 0 Å². The summed E-state index contributed by atoms with van der Waals surface area (Å²) < 4.78 is 1.06. The largest absolute Gasteiger partial charge is 0.433 e. The number of aromatic nitrogens is 1. The van der Waals surface area contributed by atoms with Crippen molar-refractivity contribution >= 4 is 45.1 Å². The summed E-state index contributed by atoms with van der Waals surface area (Å²) in [6.07, 6.45) is 1.67. The number of hydrogen-bond donors (Lipinski definition) is 2. The molecule has 0 aliphatic rings. The van der Waals surface area contributed by atoms with Gasteiger partial charge in [0.1, 0.15) is 5.15 Å². The van der Waals surface area contributed by atoms with Crippen LogP contribution in [-0.2, 0) is 0 Å². The zero-order chi connectivity index (χ0) is 10.1. The van der Waals surface area contributed by atoms with E-state index in [1.54, 1.807) is 24.4 Å². The van der Waals surface area contributed by atoms with Gasteiger partial charge in [0, 0.05) is 16.3 Å². The van der Waals surface area contributed by atoms with Crippen molar-refractivity contribution < 1.29 is 5.02 Å². The average Bonchev–Trinajstić information content (AvgIpc) is 2.47. The number of nitrogens with one attached hydrogen (secondary N) is 1. The minimum atomic E-state index is -0.560. The number of rotatable bonds is 2. The van der Waals surface area contributed by atoms with Gasteiger partial charge < -0.3 is 10.3 Å². The Kier molecular flexibility index (Phi) is 2.63. The highest BCUT2D eigenvalue weighted by molar-refractivity contribution is 7.23. The Bertz CT molecular complexity index is 460. The molecular formula is C8H8BClN2OS. The van der Waals surface area contributed by atoms with Crippen molar-refractivity contribution in [2.75, 3.05) is 5.23 Å². The van der Waals surface area contributed by atoms with Crippen LogP contribution in [0.4, 0.5) is 5.00 Å². The predicted molar refractivity (Wildman–Crippen MR) is 62.1 cm³/mol. The Morgan fingerprint density at radius 3 is 3.07 bits per heavy atom. The SMILES string of the molecule is CB(O)Nc1cc2c(Cl)nccc2s1. The second-order valence-electron chi connectivity index (χ2n) is 2.94. The minimum Gasteiger partial charge on any atom is -0.433 e. The molecule has 0 unspecified atom stereocenters. The molecule has 0 fully saturated rings. The molecule has 14 heavy (non-hydrogen) atoms. The Balaban J connectivity index is 2.46. The molecule has 2 N–H and O–H groups in total. The van der Waals surface area contributed by atoms with Crippen molar-refractivity contribution in [1.82, 2.24) is 4.98 Å². The van der Waals surface area contributed by atoms with E-state index in [1.807, 2.05) is 12.1 Å². The molecule has 0 amide bonds. The molecule has 2 aromatic heterocycles. The summed E-state index contributed by atoms with van der Waals surface area (Å²) >= 11 is 7.46. The third kappa shape index (κ3) is 1.84. The van der Waals surface area contributed by atoms with Gasteiger partial charge in [0.2, 0.25) is 0 Å². The number of anilines is 1. The van der Waals surface area contributed by atoms with Gasteiger partial charge in [0.15, 0.2) is 0 Å². The lowest BCUT2D eigenvalue weighted by atomic mass is 9.89. The van der Waals surface area contributed by atoms with Crippen molar-refractivity contribution in [2.24, 2.45) is 0 Å².